The molecule has 218 valence electrons. The topological polar surface area (TPSA) is 132 Å². The number of pyridine rings is 2. The van der Waals surface area contributed by atoms with Crippen LogP contribution in [0, 0.1) is 12.7 Å². The molecule has 1 aromatic carbocycles. The summed E-state index contributed by atoms with van der Waals surface area (Å²) in [5, 5.41) is 29.0. The van der Waals surface area contributed by atoms with Crippen LogP contribution in [-0.4, -0.2) is 46.9 Å². The van der Waals surface area contributed by atoms with E-state index in [0.717, 1.165) is 6.20 Å². The van der Waals surface area contributed by atoms with Crippen LogP contribution < -0.4 is 5.56 Å². The molecule has 2 aliphatic heterocycles. The van der Waals surface area contributed by atoms with Crippen molar-refractivity contribution < 1.29 is 37.3 Å². The van der Waals surface area contributed by atoms with Crippen molar-refractivity contribution in [3.8, 4) is 11.4 Å². The van der Waals surface area contributed by atoms with Crippen LogP contribution in [0.4, 0.5) is 17.6 Å². The number of esters is 1. The number of cyclic esters (lactones) is 1. The van der Waals surface area contributed by atoms with Crippen LogP contribution >= 0.6 is 0 Å². The van der Waals surface area contributed by atoms with Crippen LogP contribution in [0.5, 0.6) is 0 Å². The minimum absolute atomic E-state index is 0.0344. The average Bonchev–Trinajstić information content (AvgIpc) is 3.58. The van der Waals surface area contributed by atoms with Gasteiger partial charge in [0.05, 0.1) is 41.3 Å². The fraction of sp³-hybridized carbons (Fsp3) is 0.393. The molecule has 4 aromatic rings. The zero-order valence-corrected chi connectivity index (χ0v) is 22.3. The number of aliphatic hydroxyl groups is 2. The lowest BCUT2D eigenvalue weighted by Crippen LogP contribution is -2.44. The second-order valence-electron chi connectivity index (χ2n) is 10.9. The molecular weight excluding hydrogens is 562 g/mol. The van der Waals surface area contributed by atoms with Gasteiger partial charge in [-0.05, 0) is 48.9 Å². The third-order valence-electron chi connectivity index (χ3n) is 8.79. The summed E-state index contributed by atoms with van der Waals surface area (Å²) in [6.45, 7) is 2.95. The molecule has 7 rings (SSSR count). The first-order chi connectivity index (χ1) is 19.8. The van der Waals surface area contributed by atoms with Gasteiger partial charge >= 0.3 is 12.1 Å². The number of aromatic nitrogens is 5. The molecule has 14 heteroatoms. The van der Waals surface area contributed by atoms with E-state index in [4.69, 9.17) is 9.72 Å². The van der Waals surface area contributed by atoms with Crippen LogP contribution in [0.3, 0.4) is 0 Å². The van der Waals surface area contributed by atoms with Gasteiger partial charge in [0.1, 0.15) is 18.1 Å². The lowest BCUT2D eigenvalue weighted by Gasteiger charge is -2.31. The van der Waals surface area contributed by atoms with E-state index in [2.05, 4.69) is 10.3 Å². The molecule has 3 aromatic heterocycles. The fourth-order valence-corrected chi connectivity index (χ4v) is 6.53. The molecule has 0 amide bonds. The highest BCUT2D eigenvalue weighted by atomic mass is 19.4. The average molecular weight is 586 g/mol. The van der Waals surface area contributed by atoms with E-state index < -0.39 is 47.0 Å². The van der Waals surface area contributed by atoms with Crippen molar-refractivity contribution in [2.24, 2.45) is 0 Å². The van der Waals surface area contributed by atoms with E-state index in [-0.39, 0.29) is 36.2 Å². The first-order valence-electron chi connectivity index (χ1n) is 13.3. The van der Waals surface area contributed by atoms with Gasteiger partial charge < -0.3 is 19.5 Å². The molecule has 1 unspecified atom stereocenters. The normalized spacial score (nSPS) is 21.6. The number of aliphatic hydroxyl groups excluding tert-OH is 1. The standard InChI is InChI=1S/C28H23F4N5O5/c1-3-27(41)15-6-20-23-13(8-36(20)25(39)14(15)10-42-26(27)40)22-19(37-9-18(34-35-37)24(38)28(30,31)32)5-4-12-11(2)16(29)7-17(33-23)21(12)22/h6-7,9,19,24,38,41H,3-5,8,10H2,1-2H3/t19-,24?,27-/m0/s1. The van der Waals surface area contributed by atoms with Gasteiger partial charge in [0.25, 0.3) is 5.56 Å². The largest absolute Gasteiger partial charge is 0.458 e. The van der Waals surface area contributed by atoms with Crippen LogP contribution in [0.15, 0.2) is 23.1 Å². The number of hydrogen-bond acceptors (Lipinski definition) is 8. The van der Waals surface area contributed by atoms with Crippen molar-refractivity contribution >= 4 is 16.9 Å². The van der Waals surface area contributed by atoms with Gasteiger partial charge in [0, 0.05) is 22.6 Å². The second-order valence-corrected chi connectivity index (χ2v) is 10.9. The molecule has 2 N–H and O–H groups in total. The first kappa shape index (κ1) is 26.7. The van der Waals surface area contributed by atoms with E-state index in [1.54, 1.807) is 13.8 Å². The number of halogens is 4. The van der Waals surface area contributed by atoms with Crippen LogP contribution in [0.1, 0.15) is 71.0 Å². The SMILES string of the molecule is CC[C@@]1(O)C(=O)OCc2c1cc1n(c2=O)Cc2c-1nc1cc(F)c(C)c3c1c2[C@@H](n1cc(C(O)C(F)(F)F)nn1)CC3. The lowest BCUT2D eigenvalue weighted by atomic mass is 9.81. The Labute approximate surface area is 234 Å². The summed E-state index contributed by atoms with van der Waals surface area (Å²) in [5.74, 6) is -1.35. The molecule has 10 nitrogen and oxygen atoms in total. The van der Waals surface area contributed by atoms with E-state index in [0.29, 0.717) is 51.9 Å². The summed E-state index contributed by atoms with van der Waals surface area (Å²) in [7, 11) is 0. The number of carbonyl (C=O) groups excluding carboxylic acids is 1. The minimum Gasteiger partial charge on any atom is -0.458 e. The Morgan fingerprint density at radius 1 is 1.21 bits per heavy atom. The highest BCUT2D eigenvalue weighted by Crippen LogP contribution is 2.47. The maximum Gasteiger partial charge on any atom is 0.420 e. The van der Waals surface area contributed by atoms with Gasteiger partial charge in [-0.3, -0.25) is 4.79 Å². The number of rotatable bonds is 3. The summed E-state index contributed by atoms with van der Waals surface area (Å²) < 4.78 is 62.5. The monoisotopic (exact) mass is 585 g/mol. The number of fused-ring (bicyclic) bond motifs is 5. The smallest absolute Gasteiger partial charge is 0.420 e. The molecule has 1 aliphatic carbocycles. The number of nitrogens with zero attached hydrogens (tertiary/aromatic N) is 5. The molecule has 0 radical (unpaired) electrons. The second kappa shape index (κ2) is 8.67. The molecule has 0 bridgehead atoms. The van der Waals surface area contributed by atoms with Gasteiger partial charge in [-0.15, -0.1) is 5.10 Å². The van der Waals surface area contributed by atoms with Crippen molar-refractivity contribution in [1.82, 2.24) is 24.5 Å². The number of alkyl halides is 3. The molecule has 0 fully saturated rings. The van der Waals surface area contributed by atoms with Crippen molar-refractivity contribution in [3.63, 3.8) is 0 Å². The Kier molecular flexibility index (Phi) is 5.52. The number of carbonyl (C=O) groups is 1. The third-order valence-corrected chi connectivity index (χ3v) is 8.79. The highest BCUT2D eigenvalue weighted by Gasteiger charge is 2.46. The van der Waals surface area contributed by atoms with Crippen LogP contribution in [0.25, 0.3) is 22.3 Å². The Morgan fingerprint density at radius 3 is 2.69 bits per heavy atom. The Balaban J connectivity index is 1.49. The van der Waals surface area contributed by atoms with Crippen molar-refractivity contribution in [2.75, 3.05) is 0 Å². The van der Waals surface area contributed by atoms with Gasteiger partial charge in [0.15, 0.2) is 11.7 Å². The highest BCUT2D eigenvalue weighted by molar-refractivity contribution is 5.93. The van der Waals surface area contributed by atoms with E-state index in [1.165, 1.54) is 21.4 Å². The molecule has 0 spiro atoms. The summed E-state index contributed by atoms with van der Waals surface area (Å²) in [6.07, 6.45) is -6.06. The Bertz CT molecular complexity index is 1920. The molecule has 0 saturated carbocycles. The molecule has 5 heterocycles. The maximum absolute atomic E-state index is 15.1. The van der Waals surface area contributed by atoms with Crippen molar-refractivity contribution in [2.45, 2.75) is 70.2 Å². The van der Waals surface area contributed by atoms with Crippen molar-refractivity contribution in [1.29, 1.82) is 0 Å². The van der Waals surface area contributed by atoms with Gasteiger partial charge in [-0.25, -0.2) is 18.9 Å². The summed E-state index contributed by atoms with van der Waals surface area (Å²) in [6, 6.07) is 2.15. The van der Waals surface area contributed by atoms with E-state index in [9.17, 15) is 33.0 Å². The van der Waals surface area contributed by atoms with Crippen molar-refractivity contribution in [3.05, 3.63) is 73.6 Å². The Hall–Kier alpha value is -4.17. The minimum atomic E-state index is -4.94. The molecule has 3 aliphatic rings. The Morgan fingerprint density at radius 2 is 1.98 bits per heavy atom. The summed E-state index contributed by atoms with van der Waals surface area (Å²) in [4.78, 5) is 31.0. The number of hydrogen-bond donors (Lipinski definition) is 2. The zero-order chi connectivity index (χ0) is 29.9. The molecule has 42 heavy (non-hydrogen) atoms. The predicted octanol–water partition coefficient (Wildman–Crippen LogP) is 3.25. The van der Waals surface area contributed by atoms with Gasteiger partial charge in [-0.1, -0.05) is 12.1 Å². The van der Waals surface area contributed by atoms with E-state index in [1.807, 2.05) is 0 Å². The van der Waals surface area contributed by atoms with E-state index >= 15 is 4.39 Å². The van der Waals surface area contributed by atoms with Crippen LogP contribution in [-0.2, 0) is 34.7 Å². The number of aryl methyl sites for hydroxylation is 1. The predicted molar refractivity (Wildman–Crippen MR) is 137 cm³/mol. The molecular formula is C28H23F4N5O5. The van der Waals surface area contributed by atoms with Gasteiger partial charge in [0.2, 0.25) is 0 Å². The quantitative estimate of drug-likeness (QED) is 0.244. The molecule has 0 saturated heterocycles. The summed E-state index contributed by atoms with van der Waals surface area (Å²) >= 11 is 0. The molecule has 3 atom stereocenters. The maximum atomic E-state index is 15.1. The zero-order valence-electron chi connectivity index (χ0n) is 22.3. The fourth-order valence-electron chi connectivity index (χ4n) is 6.53. The number of ether oxygens (including phenoxy) is 1. The summed E-state index contributed by atoms with van der Waals surface area (Å²) in [5.41, 5.74) is 0.298. The lowest BCUT2D eigenvalue weighted by molar-refractivity contribution is -0.208. The van der Waals surface area contributed by atoms with Crippen LogP contribution in [0.2, 0.25) is 0 Å². The number of benzene rings is 1. The van der Waals surface area contributed by atoms with Gasteiger partial charge in [-0.2, -0.15) is 13.2 Å². The first-order valence-corrected chi connectivity index (χ1v) is 13.3. The third kappa shape index (κ3) is 3.48.